The lowest BCUT2D eigenvalue weighted by molar-refractivity contribution is 0.223. The number of rotatable bonds is 7. The van der Waals surface area contributed by atoms with Crippen molar-refractivity contribution in [3.63, 3.8) is 0 Å². The highest BCUT2D eigenvalue weighted by Gasteiger charge is 2.10. The van der Waals surface area contributed by atoms with Crippen LogP contribution in [0.5, 0.6) is 0 Å². The van der Waals surface area contributed by atoms with E-state index in [1.807, 2.05) is 0 Å². The van der Waals surface area contributed by atoms with Crippen molar-refractivity contribution in [1.82, 2.24) is 4.90 Å². The molecule has 2 nitrogen and oxygen atoms in total. The van der Waals surface area contributed by atoms with Gasteiger partial charge in [0.05, 0.1) is 0 Å². The van der Waals surface area contributed by atoms with Crippen molar-refractivity contribution in [2.24, 2.45) is 11.7 Å². The van der Waals surface area contributed by atoms with Gasteiger partial charge in [-0.15, -0.1) is 0 Å². The Hall–Kier alpha value is -0.0800. The average Bonchev–Trinajstić information content (AvgIpc) is 2.01. The monoisotopic (exact) mass is 200 g/mol. The molecule has 0 fully saturated rings. The summed E-state index contributed by atoms with van der Waals surface area (Å²) in [6, 6.07) is 1.05. The van der Waals surface area contributed by atoms with Gasteiger partial charge in [-0.3, -0.25) is 0 Å². The molecule has 0 aliphatic rings. The zero-order valence-corrected chi connectivity index (χ0v) is 10.6. The third kappa shape index (κ3) is 7.34. The second-order valence-corrected chi connectivity index (χ2v) is 5.08. The zero-order valence-electron chi connectivity index (χ0n) is 10.6. The van der Waals surface area contributed by atoms with E-state index in [4.69, 9.17) is 5.73 Å². The fourth-order valence-electron chi connectivity index (χ4n) is 1.75. The van der Waals surface area contributed by atoms with Crippen LogP contribution in [0.25, 0.3) is 0 Å². The summed E-state index contributed by atoms with van der Waals surface area (Å²) >= 11 is 0. The third-order valence-electron chi connectivity index (χ3n) is 2.74. The van der Waals surface area contributed by atoms with Gasteiger partial charge in [-0.1, -0.05) is 13.8 Å². The molecule has 0 aromatic carbocycles. The van der Waals surface area contributed by atoms with Crippen LogP contribution in [-0.2, 0) is 0 Å². The Labute approximate surface area is 89.9 Å². The fraction of sp³-hybridized carbons (Fsp3) is 1.00. The Balaban J connectivity index is 3.56. The summed E-state index contributed by atoms with van der Waals surface area (Å²) in [5.74, 6) is 0.792. The summed E-state index contributed by atoms with van der Waals surface area (Å²) in [5, 5.41) is 0. The van der Waals surface area contributed by atoms with Crippen molar-refractivity contribution < 1.29 is 0 Å². The molecule has 0 rings (SSSR count). The van der Waals surface area contributed by atoms with Crippen molar-refractivity contribution >= 4 is 0 Å². The van der Waals surface area contributed by atoms with Crippen molar-refractivity contribution in [1.29, 1.82) is 0 Å². The van der Waals surface area contributed by atoms with Gasteiger partial charge >= 0.3 is 0 Å². The van der Waals surface area contributed by atoms with E-state index in [1.54, 1.807) is 0 Å². The Bertz CT molecular complexity index is 132. The highest BCUT2D eigenvalue weighted by molar-refractivity contribution is 4.66. The molecular weight excluding hydrogens is 172 g/mol. The average molecular weight is 200 g/mol. The largest absolute Gasteiger partial charge is 0.328 e. The number of hydrogen-bond acceptors (Lipinski definition) is 2. The molecule has 14 heavy (non-hydrogen) atoms. The van der Waals surface area contributed by atoms with E-state index in [9.17, 15) is 0 Å². The van der Waals surface area contributed by atoms with Gasteiger partial charge in [-0.05, 0) is 52.6 Å². The maximum Gasteiger partial charge on any atom is 0.00663 e. The molecule has 0 aliphatic heterocycles. The van der Waals surface area contributed by atoms with E-state index in [0.29, 0.717) is 12.1 Å². The minimum atomic E-state index is 0.351. The quantitative estimate of drug-likeness (QED) is 0.684. The summed E-state index contributed by atoms with van der Waals surface area (Å²) in [6.07, 6.45) is 3.64. The maximum absolute atomic E-state index is 5.72. The Morgan fingerprint density at radius 1 is 1.14 bits per heavy atom. The molecule has 2 atom stereocenters. The summed E-state index contributed by atoms with van der Waals surface area (Å²) in [7, 11) is 2.22. The van der Waals surface area contributed by atoms with Gasteiger partial charge in [0.15, 0.2) is 0 Å². The van der Waals surface area contributed by atoms with Gasteiger partial charge in [0, 0.05) is 12.1 Å². The molecule has 0 saturated heterocycles. The van der Waals surface area contributed by atoms with Crippen LogP contribution in [0.4, 0.5) is 0 Å². The lowest BCUT2D eigenvalue weighted by Crippen LogP contribution is -2.31. The molecule has 0 saturated carbocycles. The second kappa shape index (κ2) is 7.24. The molecular formula is C12H28N2. The molecule has 0 radical (unpaired) electrons. The van der Waals surface area contributed by atoms with Crippen LogP contribution >= 0.6 is 0 Å². The SMILES string of the molecule is CC(C)CC(C)N(C)CCCC(C)N. The summed E-state index contributed by atoms with van der Waals surface area (Å²) in [5.41, 5.74) is 5.72. The molecule has 2 heteroatoms. The molecule has 0 aliphatic carbocycles. The van der Waals surface area contributed by atoms with Gasteiger partial charge in [0.1, 0.15) is 0 Å². The molecule has 86 valence electrons. The van der Waals surface area contributed by atoms with E-state index < -0.39 is 0 Å². The molecule has 0 aromatic rings. The van der Waals surface area contributed by atoms with Gasteiger partial charge in [0.25, 0.3) is 0 Å². The normalized spacial score (nSPS) is 16.3. The van der Waals surface area contributed by atoms with Gasteiger partial charge < -0.3 is 10.6 Å². The first-order valence-corrected chi connectivity index (χ1v) is 5.89. The lowest BCUT2D eigenvalue weighted by Gasteiger charge is -2.26. The van der Waals surface area contributed by atoms with Crippen molar-refractivity contribution in [3.8, 4) is 0 Å². The predicted molar refractivity (Wildman–Crippen MR) is 64.4 cm³/mol. The van der Waals surface area contributed by atoms with Crippen molar-refractivity contribution in [3.05, 3.63) is 0 Å². The van der Waals surface area contributed by atoms with Gasteiger partial charge in [0.2, 0.25) is 0 Å². The van der Waals surface area contributed by atoms with E-state index >= 15 is 0 Å². The molecule has 0 bridgehead atoms. The summed E-state index contributed by atoms with van der Waals surface area (Å²) < 4.78 is 0. The number of nitrogens with zero attached hydrogens (tertiary/aromatic N) is 1. The number of hydrogen-bond donors (Lipinski definition) is 1. The van der Waals surface area contributed by atoms with Crippen LogP contribution in [0.2, 0.25) is 0 Å². The van der Waals surface area contributed by atoms with Crippen LogP contribution in [0, 0.1) is 5.92 Å². The molecule has 0 heterocycles. The summed E-state index contributed by atoms with van der Waals surface area (Å²) in [4.78, 5) is 2.45. The highest BCUT2D eigenvalue weighted by Crippen LogP contribution is 2.10. The van der Waals surface area contributed by atoms with Crippen LogP contribution < -0.4 is 5.73 Å². The lowest BCUT2D eigenvalue weighted by atomic mass is 10.0. The van der Waals surface area contributed by atoms with Crippen LogP contribution in [0.1, 0.15) is 47.0 Å². The van der Waals surface area contributed by atoms with Crippen molar-refractivity contribution in [2.75, 3.05) is 13.6 Å². The topological polar surface area (TPSA) is 29.3 Å². The summed E-state index contributed by atoms with van der Waals surface area (Å²) in [6.45, 7) is 10.1. The maximum atomic E-state index is 5.72. The predicted octanol–water partition coefficient (Wildman–Crippen LogP) is 2.48. The van der Waals surface area contributed by atoms with Crippen LogP contribution in [0.15, 0.2) is 0 Å². The number of nitrogens with two attached hydrogens (primary N) is 1. The first-order valence-electron chi connectivity index (χ1n) is 5.89. The van der Waals surface area contributed by atoms with E-state index in [1.165, 1.54) is 19.4 Å². The third-order valence-corrected chi connectivity index (χ3v) is 2.74. The Morgan fingerprint density at radius 2 is 1.71 bits per heavy atom. The van der Waals surface area contributed by atoms with Gasteiger partial charge in [-0.25, -0.2) is 0 Å². The Kier molecular flexibility index (Phi) is 7.20. The van der Waals surface area contributed by atoms with Crippen LogP contribution in [-0.4, -0.2) is 30.6 Å². The highest BCUT2D eigenvalue weighted by atomic mass is 15.1. The first-order chi connectivity index (χ1) is 6.43. The van der Waals surface area contributed by atoms with E-state index in [0.717, 1.165) is 12.3 Å². The van der Waals surface area contributed by atoms with E-state index in [-0.39, 0.29) is 0 Å². The first kappa shape index (κ1) is 13.9. The van der Waals surface area contributed by atoms with Gasteiger partial charge in [-0.2, -0.15) is 0 Å². The fourth-order valence-corrected chi connectivity index (χ4v) is 1.75. The smallest absolute Gasteiger partial charge is 0.00663 e. The molecule has 2 unspecified atom stereocenters. The molecule has 0 aromatic heterocycles. The molecule has 0 amide bonds. The minimum Gasteiger partial charge on any atom is -0.328 e. The standard InChI is InChI=1S/C12H28N2/c1-10(2)9-12(4)14(5)8-6-7-11(3)13/h10-12H,6-9,13H2,1-5H3. The van der Waals surface area contributed by atoms with E-state index in [2.05, 4.69) is 39.6 Å². The second-order valence-electron chi connectivity index (χ2n) is 5.08. The Morgan fingerprint density at radius 3 is 2.14 bits per heavy atom. The zero-order chi connectivity index (χ0) is 11.1. The molecule has 2 N–H and O–H groups in total. The van der Waals surface area contributed by atoms with Crippen LogP contribution in [0.3, 0.4) is 0 Å². The van der Waals surface area contributed by atoms with Crippen molar-refractivity contribution in [2.45, 2.75) is 59.0 Å². The minimum absolute atomic E-state index is 0.351. The molecule has 0 spiro atoms.